The largest absolute Gasteiger partial charge is 0.323 e. The van der Waals surface area contributed by atoms with Gasteiger partial charge in [0.2, 0.25) is 0 Å². The maximum absolute atomic E-state index is 6.61. The molecule has 0 aliphatic carbocycles. The number of nitrogens with zero attached hydrogens (tertiary/aromatic N) is 5. The van der Waals surface area contributed by atoms with E-state index in [1.54, 1.807) is 5.37 Å². The van der Waals surface area contributed by atoms with Gasteiger partial charge in [0.05, 0.1) is 22.3 Å². The lowest BCUT2D eigenvalue weighted by Gasteiger charge is -2.21. The van der Waals surface area contributed by atoms with Gasteiger partial charge in [-0.2, -0.15) is 0 Å². The number of benzene rings is 1. The molecule has 7 heteroatoms. The number of aryl methyl sites for hydroxylation is 1. The van der Waals surface area contributed by atoms with Crippen LogP contribution in [0.25, 0.3) is 11.0 Å². The van der Waals surface area contributed by atoms with E-state index < -0.39 is 0 Å². The van der Waals surface area contributed by atoms with Gasteiger partial charge in [0.25, 0.3) is 0 Å². The third kappa shape index (κ3) is 3.01. The average Bonchev–Trinajstić information content (AvgIpc) is 3.27. The molecule has 0 radical (unpaired) electrons. The molecule has 3 aromatic rings. The molecule has 0 fully saturated rings. The smallest absolute Gasteiger partial charge is 0.163 e. The number of pyridine rings is 1. The number of hydrogen-bond acceptors (Lipinski definition) is 5. The third-order valence-electron chi connectivity index (χ3n) is 5.29. The summed E-state index contributed by atoms with van der Waals surface area (Å²) in [5, 5.41) is 11.3. The van der Waals surface area contributed by atoms with Crippen molar-refractivity contribution in [3.8, 4) is 0 Å². The van der Waals surface area contributed by atoms with Crippen LogP contribution < -0.4 is 4.90 Å². The fraction of sp³-hybridized carbons (Fsp3) is 0.400. The summed E-state index contributed by atoms with van der Waals surface area (Å²) >= 11 is 11.7. The topological polar surface area (TPSA) is 46.8 Å². The highest BCUT2D eigenvalue weighted by molar-refractivity contribution is 7.79. The molecule has 1 aliphatic rings. The van der Waals surface area contributed by atoms with Crippen LogP contribution in [0.2, 0.25) is 5.02 Å². The molecule has 0 amide bonds. The number of fused-ring (bicyclic) bond motifs is 2. The average molecular weight is 400 g/mol. The number of halogens is 1. The minimum absolute atomic E-state index is 0.337. The molecule has 4 rings (SSSR count). The molecule has 140 valence electrons. The Bertz CT molecular complexity index is 1020. The molecule has 5 nitrogen and oxygen atoms in total. The standard InChI is InChI=1S/C20H22ClN5S/c1-4-15(5-2)26-17-8-12(3)22-20(18(17)23-24-26)25-7-6-14-9-13(11-27)10-16(21)19(14)25/h8-11,15H,4-7H2,1-3H3. The summed E-state index contributed by atoms with van der Waals surface area (Å²) < 4.78 is 2.04. The molecule has 1 aliphatic heterocycles. The molecule has 0 unspecified atom stereocenters. The van der Waals surface area contributed by atoms with E-state index >= 15 is 0 Å². The second-order valence-corrected chi connectivity index (χ2v) is 7.63. The van der Waals surface area contributed by atoms with Gasteiger partial charge in [-0.05, 0) is 55.5 Å². The lowest BCUT2D eigenvalue weighted by Crippen LogP contribution is -2.16. The van der Waals surface area contributed by atoms with Crippen LogP contribution in [-0.4, -0.2) is 31.9 Å². The highest BCUT2D eigenvalue weighted by Crippen LogP contribution is 2.42. The molecule has 0 bridgehead atoms. The van der Waals surface area contributed by atoms with Gasteiger partial charge in [-0.1, -0.05) is 42.9 Å². The van der Waals surface area contributed by atoms with Crippen molar-refractivity contribution in [2.45, 2.75) is 46.1 Å². The number of aromatic nitrogens is 4. The molecule has 0 atom stereocenters. The lowest BCUT2D eigenvalue weighted by atomic mass is 10.1. The van der Waals surface area contributed by atoms with E-state index in [2.05, 4.69) is 41.2 Å². The monoisotopic (exact) mass is 399 g/mol. The summed E-state index contributed by atoms with van der Waals surface area (Å²) in [6.07, 6.45) is 2.94. The lowest BCUT2D eigenvalue weighted by molar-refractivity contribution is 0.430. The van der Waals surface area contributed by atoms with E-state index in [1.165, 1.54) is 5.56 Å². The van der Waals surface area contributed by atoms with Crippen molar-refractivity contribution in [2.75, 3.05) is 11.4 Å². The van der Waals surface area contributed by atoms with Crippen LogP contribution in [0.3, 0.4) is 0 Å². The fourth-order valence-electron chi connectivity index (χ4n) is 3.93. The van der Waals surface area contributed by atoms with E-state index in [9.17, 15) is 0 Å². The van der Waals surface area contributed by atoms with E-state index in [1.807, 2.05) is 17.7 Å². The second kappa shape index (κ2) is 7.17. The predicted molar refractivity (Wildman–Crippen MR) is 115 cm³/mol. The normalized spacial score (nSPS) is 13.6. The first kappa shape index (κ1) is 18.3. The molecule has 0 spiro atoms. The third-order valence-corrected chi connectivity index (χ3v) is 5.85. The van der Waals surface area contributed by atoms with Gasteiger partial charge in [0, 0.05) is 17.6 Å². The van der Waals surface area contributed by atoms with Crippen LogP contribution in [0.1, 0.15) is 49.6 Å². The molecule has 0 saturated carbocycles. The highest BCUT2D eigenvalue weighted by Gasteiger charge is 2.28. The van der Waals surface area contributed by atoms with E-state index in [0.29, 0.717) is 11.1 Å². The molecule has 2 aromatic heterocycles. The first-order valence-electron chi connectivity index (χ1n) is 9.35. The van der Waals surface area contributed by atoms with Crippen LogP contribution in [0.15, 0.2) is 18.2 Å². The Labute approximate surface area is 169 Å². The Balaban J connectivity index is 1.89. The SMILES string of the molecule is CCC(CC)n1nnc2c(N3CCc4cc(C=S)cc(Cl)c43)nc(C)cc21. The quantitative estimate of drug-likeness (QED) is 0.552. The summed E-state index contributed by atoms with van der Waals surface area (Å²) in [5.74, 6) is 0.831. The zero-order chi connectivity index (χ0) is 19.1. The van der Waals surface area contributed by atoms with Gasteiger partial charge in [-0.3, -0.25) is 0 Å². The van der Waals surface area contributed by atoms with Gasteiger partial charge >= 0.3 is 0 Å². The number of anilines is 2. The van der Waals surface area contributed by atoms with Crippen molar-refractivity contribution >= 4 is 51.7 Å². The zero-order valence-electron chi connectivity index (χ0n) is 15.7. The zero-order valence-corrected chi connectivity index (χ0v) is 17.3. The van der Waals surface area contributed by atoms with E-state index in [-0.39, 0.29) is 0 Å². The van der Waals surface area contributed by atoms with E-state index in [0.717, 1.165) is 59.6 Å². The van der Waals surface area contributed by atoms with Crippen molar-refractivity contribution in [1.82, 2.24) is 20.0 Å². The Morgan fingerprint density at radius 2 is 2.04 bits per heavy atom. The summed E-state index contributed by atoms with van der Waals surface area (Å²) in [7, 11) is 0. The van der Waals surface area contributed by atoms with Gasteiger partial charge in [0.1, 0.15) is 0 Å². The maximum Gasteiger partial charge on any atom is 0.163 e. The minimum atomic E-state index is 0.337. The van der Waals surface area contributed by atoms with Crippen LogP contribution >= 0.6 is 23.8 Å². The van der Waals surface area contributed by atoms with Gasteiger partial charge in [0.15, 0.2) is 11.3 Å². The first-order chi connectivity index (χ1) is 13.1. The minimum Gasteiger partial charge on any atom is -0.323 e. The number of rotatable bonds is 5. The second-order valence-electron chi connectivity index (χ2n) is 6.99. The predicted octanol–water partition coefficient (Wildman–Crippen LogP) is 5.19. The van der Waals surface area contributed by atoms with Crippen molar-refractivity contribution < 1.29 is 0 Å². The summed E-state index contributed by atoms with van der Waals surface area (Å²) in [6.45, 7) is 7.20. The summed E-state index contributed by atoms with van der Waals surface area (Å²) in [4.78, 5) is 6.99. The molecule has 1 aromatic carbocycles. The Kier molecular flexibility index (Phi) is 4.86. The van der Waals surface area contributed by atoms with Crippen molar-refractivity contribution in [2.24, 2.45) is 0 Å². The maximum atomic E-state index is 6.61. The fourth-order valence-corrected chi connectivity index (χ4v) is 4.42. The van der Waals surface area contributed by atoms with Gasteiger partial charge in [-0.15, -0.1) is 5.10 Å². The number of thiocarbonyl (C=S) groups is 1. The number of hydrogen-bond donors (Lipinski definition) is 0. The van der Waals surface area contributed by atoms with E-state index in [4.69, 9.17) is 28.8 Å². The van der Waals surface area contributed by atoms with Gasteiger partial charge < -0.3 is 4.90 Å². The summed E-state index contributed by atoms with van der Waals surface area (Å²) in [6, 6.07) is 6.44. The highest BCUT2D eigenvalue weighted by atomic mass is 35.5. The van der Waals surface area contributed by atoms with Crippen LogP contribution in [0.4, 0.5) is 11.5 Å². The van der Waals surface area contributed by atoms with Crippen molar-refractivity contribution in [1.29, 1.82) is 0 Å². The Hall–Kier alpha value is -2.05. The molecule has 0 N–H and O–H groups in total. The molecule has 3 heterocycles. The molecular formula is C20H22ClN5S. The Morgan fingerprint density at radius 3 is 2.74 bits per heavy atom. The van der Waals surface area contributed by atoms with Crippen LogP contribution in [-0.2, 0) is 6.42 Å². The summed E-state index contributed by atoms with van der Waals surface area (Å²) in [5.41, 5.74) is 5.99. The molecule has 27 heavy (non-hydrogen) atoms. The molecule has 0 saturated heterocycles. The first-order valence-corrected chi connectivity index (χ1v) is 10.2. The molecular weight excluding hydrogens is 378 g/mol. The van der Waals surface area contributed by atoms with Crippen LogP contribution in [0.5, 0.6) is 0 Å². The van der Waals surface area contributed by atoms with Crippen molar-refractivity contribution in [3.63, 3.8) is 0 Å². The Morgan fingerprint density at radius 1 is 1.26 bits per heavy atom. The van der Waals surface area contributed by atoms with Crippen molar-refractivity contribution in [3.05, 3.63) is 40.0 Å². The van der Waals surface area contributed by atoms with Gasteiger partial charge in [-0.25, -0.2) is 9.67 Å². The van der Waals surface area contributed by atoms with Crippen LogP contribution in [0, 0.1) is 6.92 Å².